The minimum Gasteiger partial charge on any atom is -0.367 e. The number of halogens is 1. The molecule has 2 atom stereocenters. The Morgan fingerprint density at radius 3 is 2.58 bits per heavy atom. The van der Waals surface area contributed by atoms with Crippen molar-refractivity contribution in [2.24, 2.45) is 5.41 Å². The first-order valence-electron chi connectivity index (χ1n) is 9.82. The maximum Gasteiger partial charge on any atom is 0.335 e. The van der Waals surface area contributed by atoms with Crippen molar-refractivity contribution >= 4 is 46.5 Å². The monoisotopic (exact) mass is 440 g/mol. The summed E-state index contributed by atoms with van der Waals surface area (Å²) in [6.07, 6.45) is 1.34. The van der Waals surface area contributed by atoms with E-state index < -0.39 is 34.2 Å². The van der Waals surface area contributed by atoms with Crippen LogP contribution in [-0.4, -0.2) is 35.4 Å². The summed E-state index contributed by atoms with van der Waals surface area (Å²) in [5.41, 5.74) is -0.0451. The van der Waals surface area contributed by atoms with E-state index in [0.29, 0.717) is 29.2 Å². The van der Waals surface area contributed by atoms with Gasteiger partial charge >= 0.3 is 6.03 Å². The summed E-state index contributed by atoms with van der Waals surface area (Å²) >= 11 is 5.94. The van der Waals surface area contributed by atoms with Gasteiger partial charge in [-0.05, 0) is 48.7 Å². The Bertz CT molecular complexity index is 1150. The molecule has 2 aromatic rings. The van der Waals surface area contributed by atoms with Crippen LogP contribution >= 0.6 is 11.6 Å². The van der Waals surface area contributed by atoms with Gasteiger partial charge in [-0.15, -0.1) is 0 Å². The van der Waals surface area contributed by atoms with Gasteiger partial charge in [0.2, 0.25) is 5.91 Å². The van der Waals surface area contributed by atoms with E-state index in [-0.39, 0.29) is 12.1 Å². The Balaban J connectivity index is 1.66. The fourth-order valence-electron chi connectivity index (χ4n) is 5.02. The zero-order valence-electron chi connectivity index (χ0n) is 16.2. The molecule has 0 bridgehead atoms. The third-order valence-electron chi connectivity index (χ3n) is 6.37. The molecule has 9 nitrogen and oxygen atoms in total. The van der Waals surface area contributed by atoms with Crippen LogP contribution in [0.25, 0.3) is 0 Å². The zero-order chi connectivity index (χ0) is 21.9. The number of nitro benzene ring substituents is 1. The van der Waals surface area contributed by atoms with Crippen LogP contribution in [0.3, 0.4) is 0 Å². The number of barbiturate groups is 1. The van der Waals surface area contributed by atoms with E-state index in [1.165, 1.54) is 24.3 Å². The second-order valence-corrected chi connectivity index (χ2v) is 8.38. The summed E-state index contributed by atoms with van der Waals surface area (Å²) in [7, 11) is 0. The number of carbonyl (C=O) groups excluding carboxylic acids is 3. The Morgan fingerprint density at radius 2 is 1.87 bits per heavy atom. The van der Waals surface area contributed by atoms with Gasteiger partial charge in [0.1, 0.15) is 0 Å². The van der Waals surface area contributed by atoms with Crippen molar-refractivity contribution in [3.63, 3.8) is 0 Å². The third kappa shape index (κ3) is 2.73. The number of hydrogen-bond acceptors (Lipinski definition) is 6. The number of amides is 4. The first kappa shape index (κ1) is 19.5. The van der Waals surface area contributed by atoms with Gasteiger partial charge in [-0.25, -0.2) is 9.69 Å². The molecular weight excluding hydrogens is 424 g/mol. The molecule has 2 fully saturated rings. The van der Waals surface area contributed by atoms with Gasteiger partial charge in [-0.3, -0.25) is 25.0 Å². The summed E-state index contributed by atoms with van der Waals surface area (Å²) in [5.74, 6) is -1.29. The molecule has 31 heavy (non-hydrogen) atoms. The maximum atomic E-state index is 13.8. The smallest absolute Gasteiger partial charge is 0.335 e. The minimum absolute atomic E-state index is 0.0206. The van der Waals surface area contributed by atoms with Crippen molar-refractivity contribution in [2.75, 3.05) is 16.3 Å². The number of fused-ring (bicyclic) bond motifs is 4. The third-order valence-corrected chi connectivity index (χ3v) is 6.62. The number of nitrogens with zero attached hydrogens (tertiary/aromatic N) is 3. The van der Waals surface area contributed by atoms with Crippen molar-refractivity contribution in [3.8, 4) is 0 Å². The second kappa shape index (κ2) is 6.78. The van der Waals surface area contributed by atoms with E-state index in [0.717, 1.165) is 17.0 Å². The number of urea groups is 1. The van der Waals surface area contributed by atoms with Gasteiger partial charge in [0.15, 0.2) is 5.41 Å². The molecule has 2 saturated heterocycles. The number of imide groups is 2. The Morgan fingerprint density at radius 1 is 1.13 bits per heavy atom. The van der Waals surface area contributed by atoms with Gasteiger partial charge in [0, 0.05) is 35.8 Å². The molecular formula is C21H17ClN4O5. The van der Waals surface area contributed by atoms with Crippen molar-refractivity contribution < 1.29 is 19.3 Å². The predicted molar refractivity (Wildman–Crippen MR) is 112 cm³/mol. The number of non-ortho nitro benzene ring substituents is 1. The van der Waals surface area contributed by atoms with Crippen LogP contribution in [0.2, 0.25) is 5.02 Å². The molecule has 0 radical (unpaired) electrons. The zero-order valence-corrected chi connectivity index (χ0v) is 17.0. The fourth-order valence-corrected chi connectivity index (χ4v) is 5.15. The first-order valence-corrected chi connectivity index (χ1v) is 10.2. The quantitative estimate of drug-likeness (QED) is 0.436. The number of rotatable bonds is 2. The molecule has 10 heteroatoms. The first-order chi connectivity index (χ1) is 14.8. The molecule has 3 aliphatic rings. The van der Waals surface area contributed by atoms with Gasteiger partial charge < -0.3 is 4.90 Å². The molecule has 3 heterocycles. The molecule has 2 aromatic carbocycles. The van der Waals surface area contributed by atoms with Gasteiger partial charge in [-0.2, -0.15) is 0 Å². The Kier molecular flexibility index (Phi) is 4.26. The van der Waals surface area contributed by atoms with E-state index in [1.54, 1.807) is 18.2 Å². The number of benzene rings is 2. The van der Waals surface area contributed by atoms with Crippen LogP contribution in [0, 0.1) is 15.5 Å². The topological polar surface area (TPSA) is 113 Å². The maximum absolute atomic E-state index is 13.8. The number of hydrogen-bond donors (Lipinski definition) is 1. The normalized spacial score (nSPS) is 24.8. The van der Waals surface area contributed by atoms with Crippen LogP contribution < -0.4 is 15.1 Å². The van der Waals surface area contributed by atoms with Crippen molar-refractivity contribution in [2.45, 2.75) is 25.3 Å². The average Bonchev–Trinajstić information content (AvgIpc) is 3.23. The summed E-state index contributed by atoms with van der Waals surface area (Å²) in [4.78, 5) is 53.4. The average molecular weight is 441 g/mol. The van der Waals surface area contributed by atoms with Crippen LogP contribution in [0.4, 0.5) is 21.9 Å². The lowest BCUT2D eigenvalue weighted by Gasteiger charge is -2.49. The molecule has 158 valence electrons. The summed E-state index contributed by atoms with van der Waals surface area (Å²) in [5, 5.41) is 14.1. The van der Waals surface area contributed by atoms with Crippen LogP contribution in [0.5, 0.6) is 0 Å². The summed E-state index contributed by atoms with van der Waals surface area (Å²) in [6.45, 7) is 0.618. The molecule has 0 saturated carbocycles. The van der Waals surface area contributed by atoms with Crippen LogP contribution in [0.15, 0.2) is 42.5 Å². The molecule has 1 spiro atoms. The highest BCUT2D eigenvalue weighted by Gasteiger charge is 2.63. The van der Waals surface area contributed by atoms with E-state index in [2.05, 4.69) is 5.32 Å². The predicted octanol–water partition coefficient (Wildman–Crippen LogP) is 3.04. The molecule has 0 aromatic heterocycles. The molecule has 0 aliphatic carbocycles. The molecule has 4 amide bonds. The van der Waals surface area contributed by atoms with E-state index >= 15 is 0 Å². The largest absolute Gasteiger partial charge is 0.367 e. The number of nitro groups is 1. The van der Waals surface area contributed by atoms with Crippen molar-refractivity contribution in [3.05, 3.63) is 63.2 Å². The minimum atomic E-state index is -1.56. The molecule has 3 aliphatic heterocycles. The molecule has 1 N–H and O–H groups in total. The lowest BCUT2D eigenvalue weighted by atomic mass is 9.68. The number of nitrogens with one attached hydrogen (secondary N) is 1. The highest BCUT2D eigenvalue weighted by Crippen LogP contribution is 2.49. The fraction of sp³-hybridized carbons (Fsp3) is 0.286. The molecule has 5 rings (SSSR count). The van der Waals surface area contributed by atoms with Crippen molar-refractivity contribution in [1.29, 1.82) is 0 Å². The van der Waals surface area contributed by atoms with Gasteiger partial charge in [0.05, 0.1) is 16.7 Å². The van der Waals surface area contributed by atoms with E-state index in [1.807, 2.05) is 4.90 Å². The summed E-state index contributed by atoms with van der Waals surface area (Å²) in [6, 6.07) is 9.44. The summed E-state index contributed by atoms with van der Waals surface area (Å²) < 4.78 is 0. The Hall–Kier alpha value is -3.46. The second-order valence-electron chi connectivity index (χ2n) is 7.95. The van der Waals surface area contributed by atoms with Crippen LogP contribution in [-0.2, 0) is 16.0 Å². The van der Waals surface area contributed by atoms with Gasteiger partial charge in [0.25, 0.3) is 11.6 Å². The van der Waals surface area contributed by atoms with Crippen LogP contribution in [0.1, 0.15) is 18.4 Å². The highest BCUT2D eigenvalue weighted by atomic mass is 35.5. The van der Waals surface area contributed by atoms with Crippen molar-refractivity contribution in [1.82, 2.24) is 5.32 Å². The highest BCUT2D eigenvalue weighted by molar-refractivity contribution is 6.32. The lowest BCUT2D eigenvalue weighted by Crippen LogP contribution is -2.71. The number of anilines is 2. The lowest BCUT2D eigenvalue weighted by molar-refractivity contribution is -0.384. The van der Waals surface area contributed by atoms with E-state index in [9.17, 15) is 24.5 Å². The number of carbonyl (C=O) groups is 3. The van der Waals surface area contributed by atoms with E-state index in [4.69, 9.17) is 11.6 Å². The standard InChI is InChI=1S/C21H17ClN4O5/c22-13-3-5-14(6-4-13)25-19(28)21(18(27)23-20(25)29)11-12-10-15(26(30)31)7-8-16(12)24-9-1-2-17(21)24/h3-8,10,17H,1-2,9,11H2,(H,23,27,29)/t17-,21+/m0/s1. The SMILES string of the molecule is O=C1NC(=O)[C@]2(Cc3cc([N+](=O)[O-])ccc3N3CCC[C@H]32)C(=O)N1c1ccc(Cl)cc1. The molecule has 0 unspecified atom stereocenters. The Labute approximate surface area is 181 Å². The van der Waals surface area contributed by atoms with Gasteiger partial charge in [-0.1, -0.05) is 11.6 Å².